The van der Waals surface area contributed by atoms with Gasteiger partial charge in [0.2, 0.25) is 0 Å². The normalized spacial score (nSPS) is 20.2. The molecule has 104 valence electrons. The first-order chi connectivity index (χ1) is 9.09. The highest BCUT2D eigenvalue weighted by atomic mass is 16.3. The Bertz CT molecular complexity index is 442. The van der Waals surface area contributed by atoms with Gasteiger partial charge in [0.25, 0.3) is 5.91 Å². The number of amides is 1. The molecule has 1 fully saturated rings. The highest BCUT2D eigenvalue weighted by molar-refractivity contribution is 5.99. The molecule has 1 aliphatic heterocycles. The van der Waals surface area contributed by atoms with E-state index in [-0.39, 0.29) is 17.1 Å². The second-order valence-corrected chi connectivity index (χ2v) is 5.01. The Kier molecular flexibility index (Phi) is 4.27. The Morgan fingerprint density at radius 1 is 1.37 bits per heavy atom. The van der Waals surface area contributed by atoms with Crippen molar-refractivity contribution in [3.8, 4) is 11.5 Å². The fourth-order valence-electron chi connectivity index (χ4n) is 2.46. The number of aromatic hydroxyl groups is 2. The number of likely N-dealkylation sites (tertiary alicyclic amines) is 1. The number of hydrogen-bond donors (Lipinski definition) is 3. The molecular formula is C14H20N2O3. The molecule has 5 heteroatoms. The number of piperidine rings is 1. The van der Waals surface area contributed by atoms with Crippen molar-refractivity contribution in [2.45, 2.75) is 25.3 Å². The maximum absolute atomic E-state index is 12.0. The summed E-state index contributed by atoms with van der Waals surface area (Å²) in [5, 5.41) is 22.0. The van der Waals surface area contributed by atoms with Crippen LogP contribution in [-0.2, 0) is 0 Å². The quantitative estimate of drug-likeness (QED) is 0.769. The van der Waals surface area contributed by atoms with Gasteiger partial charge in [0.05, 0.1) is 0 Å². The first-order valence-corrected chi connectivity index (χ1v) is 6.59. The average molecular weight is 264 g/mol. The predicted octanol–water partition coefficient (Wildman–Crippen LogP) is 1.31. The lowest BCUT2D eigenvalue weighted by atomic mass is 10.0. The third-order valence-electron chi connectivity index (χ3n) is 3.67. The molecular weight excluding hydrogens is 244 g/mol. The summed E-state index contributed by atoms with van der Waals surface area (Å²) in [5.74, 6) is -0.835. The van der Waals surface area contributed by atoms with Gasteiger partial charge in [-0.25, -0.2) is 0 Å². The van der Waals surface area contributed by atoms with Gasteiger partial charge in [-0.05, 0) is 38.6 Å². The zero-order chi connectivity index (χ0) is 13.8. The molecule has 1 amide bonds. The van der Waals surface area contributed by atoms with E-state index in [9.17, 15) is 15.0 Å². The number of carbonyl (C=O) groups excluding carboxylic acids is 1. The highest BCUT2D eigenvalue weighted by Crippen LogP contribution is 2.26. The first kappa shape index (κ1) is 13.7. The van der Waals surface area contributed by atoms with Crippen molar-refractivity contribution in [2.75, 3.05) is 20.1 Å². The number of nitrogens with one attached hydrogen (secondary N) is 1. The number of phenols is 2. The number of rotatable bonds is 3. The van der Waals surface area contributed by atoms with E-state index in [1.165, 1.54) is 31.0 Å². The van der Waals surface area contributed by atoms with Crippen molar-refractivity contribution < 1.29 is 15.0 Å². The summed E-state index contributed by atoms with van der Waals surface area (Å²) in [4.78, 5) is 14.2. The Morgan fingerprint density at radius 2 is 2.05 bits per heavy atom. The Balaban J connectivity index is 1.97. The largest absolute Gasteiger partial charge is 0.507 e. The SMILES string of the molecule is CN1CCCCC1CNC(=O)c1c(O)cccc1O. The molecule has 1 atom stereocenters. The average Bonchev–Trinajstić information content (AvgIpc) is 2.37. The molecule has 0 saturated carbocycles. The van der Waals surface area contributed by atoms with Crippen LogP contribution in [0.25, 0.3) is 0 Å². The highest BCUT2D eigenvalue weighted by Gasteiger charge is 2.21. The van der Waals surface area contributed by atoms with Crippen molar-refractivity contribution in [1.29, 1.82) is 0 Å². The molecule has 0 spiro atoms. The van der Waals surface area contributed by atoms with E-state index in [2.05, 4.69) is 10.2 Å². The monoisotopic (exact) mass is 264 g/mol. The summed E-state index contributed by atoms with van der Waals surface area (Å²) in [6.07, 6.45) is 3.43. The van der Waals surface area contributed by atoms with Crippen LogP contribution >= 0.6 is 0 Å². The van der Waals surface area contributed by atoms with E-state index < -0.39 is 5.91 Å². The molecule has 19 heavy (non-hydrogen) atoms. The fraction of sp³-hybridized carbons (Fsp3) is 0.500. The fourth-order valence-corrected chi connectivity index (χ4v) is 2.46. The van der Waals surface area contributed by atoms with Crippen molar-refractivity contribution in [1.82, 2.24) is 10.2 Å². The summed E-state index contributed by atoms with van der Waals surface area (Å²) in [6.45, 7) is 1.57. The Hall–Kier alpha value is -1.75. The number of nitrogens with zero attached hydrogens (tertiary/aromatic N) is 1. The second kappa shape index (κ2) is 5.93. The maximum Gasteiger partial charge on any atom is 0.258 e. The van der Waals surface area contributed by atoms with E-state index in [0.717, 1.165) is 13.0 Å². The summed E-state index contributed by atoms with van der Waals surface area (Å²) >= 11 is 0. The number of likely N-dealkylation sites (N-methyl/N-ethyl adjacent to an activating group) is 1. The van der Waals surface area contributed by atoms with Crippen molar-refractivity contribution >= 4 is 5.91 Å². The van der Waals surface area contributed by atoms with E-state index in [0.29, 0.717) is 12.6 Å². The van der Waals surface area contributed by atoms with Crippen LogP contribution in [0.5, 0.6) is 11.5 Å². The molecule has 0 aromatic heterocycles. The van der Waals surface area contributed by atoms with Crippen LogP contribution < -0.4 is 5.32 Å². The van der Waals surface area contributed by atoms with Crippen molar-refractivity contribution in [2.24, 2.45) is 0 Å². The molecule has 0 radical (unpaired) electrons. The van der Waals surface area contributed by atoms with E-state index in [1.54, 1.807) is 0 Å². The third kappa shape index (κ3) is 3.17. The summed E-state index contributed by atoms with van der Waals surface area (Å²) in [7, 11) is 2.05. The van der Waals surface area contributed by atoms with Crippen LogP contribution in [-0.4, -0.2) is 47.2 Å². The number of benzene rings is 1. The van der Waals surface area contributed by atoms with Gasteiger partial charge < -0.3 is 20.4 Å². The smallest absolute Gasteiger partial charge is 0.258 e. The van der Waals surface area contributed by atoms with Gasteiger partial charge in [-0.2, -0.15) is 0 Å². The molecule has 2 rings (SSSR count). The number of carbonyl (C=O) groups is 1. The zero-order valence-electron chi connectivity index (χ0n) is 11.1. The molecule has 1 aromatic carbocycles. The van der Waals surface area contributed by atoms with Gasteiger partial charge >= 0.3 is 0 Å². The van der Waals surface area contributed by atoms with Crippen LogP contribution in [0.1, 0.15) is 29.6 Å². The standard InChI is InChI=1S/C14H20N2O3/c1-16-8-3-2-5-10(16)9-15-14(19)13-11(17)6-4-7-12(13)18/h4,6-7,10,17-18H,2-3,5,8-9H2,1H3,(H,15,19). The van der Waals surface area contributed by atoms with Gasteiger partial charge in [0.1, 0.15) is 17.1 Å². The van der Waals surface area contributed by atoms with Crippen LogP contribution in [0.2, 0.25) is 0 Å². The topological polar surface area (TPSA) is 72.8 Å². The van der Waals surface area contributed by atoms with Crippen LogP contribution in [0.15, 0.2) is 18.2 Å². The molecule has 1 heterocycles. The van der Waals surface area contributed by atoms with Gasteiger partial charge in [-0.3, -0.25) is 4.79 Å². The molecule has 3 N–H and O–H groups in total. The Morgan fingerprint density at radius 3 is 2.68 bits per heavy atom. The summed E-state index contributed by atoms with van der Waals surface area (Å²) in [6, 6.07) is 4.60. The van der Waals surface area contributed by atoms with Crippen molar-refractivity contribution in [3.05, 3.63) is 23.8 Å². The minimum Gasteiger partial charge on any atom is -0.507 e. The van der Waals surface area contributed by atoms with E-state index >= 15 is 0 Å². The van der Waals surface area contributed by atoms with Crippen LogP contribution in [0, 0.1) is 0 Å². The Labute approximate surface area is 112 Å². The molecule has 1 saturated heterocycles. The van der Waals surface area contributed by atoms with E-state index in [4.69, 9.17) is 0 Å². The lowest BCUT2D eigenvalue weighted by Gasteiger charge is -2.32. The zero-order valence-corrected chi connectivity index (χ0v) is 11.1. The van der Waals surface area contributed by atoms with Gasteiger partial charge in [-0.15, -0.1) is 0 Å². The number of phenolic OH excluding ortho intramolecular Hbond substituents is 2. The number of hydrogen-bond acceptors (Lipinski definition) is 4. The molecule has 1 unspecified atom stereocenters. The van der Waals surface area contributed by atoms with Crippen LogP contribution in [0.4, 0.5) is 0 Å². The van der Waals surface area contributed by atoms with Gasteiger partial charge in [-0.1, -0.05) is 12.5 Å². The first-order valence-electron chi connectivity index (χ1n) is 6.59. The lowest BCUT2D eigenvalue weighted by molar-refractivity contribution is 0.0923. The second-order valence-electron chi connectivity index (χ2n) is 5.01. The van der Waals surface area contributed by atoms with Gasteiger partial charge in [0, 0.05) is 12.6 Å². The minimum atomic E-state index is -0.436. The molecule has 1 aromatic rings. The molecule has 0 bridgehead atoms. The van der Waals surface area contributed by atoms with Crippen molar-refractivity contribution in [3.63, 3.8) is 0 Å². The lowest BCUT2D eigenvalue weighted by Crippen LogP contribution is -2.44. The van der Waals surface area contributed by atoms with Crippen LogP contribution in [0.3, 0.4) is 0 Å². The maximum atomic E-state index is 12.0. The minimum absolute atomic E-state index is 0.0547. The molecule has 0 aliphatic carbocycles. The molecule has 5 nitrogen and oxygen atoms in total. The summed E-state index contributed by atoms with van der Waals surface area (Å²) in [5.41, 5.74) is -0.0547. The molecule has 1 aliphatic rings. The third-order valence-corrected chi connectivity index (χ3v) is 3.67. The van der Waals surface area contributed by atoms with Gasteiger partial charge in [0.15, 0.2) is 0 Å². The van der Waals surface area contributed by atoms with E-state index in [1.807, 2.05) is 7.05 Å². The predicted molar refractivity (Wildman–Crippen MR) is 72.4 cm³/mol. The summed E-state index contributed by atoms with van der Waals surface area (Å²) < 4.78 is 0.